The summed E-state index contributed by atoms with van der Waals surface area (Å²) in [5.41, 5.74) is 0.539. The predicted molar refractivity (Wildman–Crippen MR) is 74.2 cm³/mol. The Morgan fingerprint density at radius 2 is 2.21 bits per heavy atom. The highest BCUT2D eigenvalue weighted by Gasteiger charge is 2.17. The number of amides is 2. The highest BCUT2D eigenvalue weighted by molar-refractivity contribution is 6.30. The number of benzene rings is 1. The van der Waals surface area contributed by atoms with Gasteiger partial charge in [0.1, 0.15) is 0 Å². The molecule has 0 radical (unpaired) electrons. The first kappa shape index (κ1) is 13.9. The van der Waals surface area contributed by atoms with Crippen LogP contribution in [0.2, 0.25) is 5.02 Å². The maximum atomic E-state index is 11.8. The summed E-state index contributed by atoms with van der Waals surface area (Å²) in [6.45, 7) is 1.84. The third kappa shape index (κ3) is 3.96. The van der Waals surface area contributed by atoms with Gasteiger partial charge in [-0.15, -0.1) is 0 Å². The van der Waals surface area contributed by atoms with Crippen molar-refractivity contribution in [2.24, 2.45) is 0 Å². The van der Waals surface area contributed by atoms with Gasteiger partial charge in [-0.1, -0.05) is 17.7 Å². The van der Waals surface area contributed by atoms with Crippen molar-refractivity contribution in [3.05, 3.63) is 34.9 Å². The van der Waals surface area contributed by atoms with E-state index in [4.69, 9.17) is 11.6 Å². The van der Waals surface area contributed by atoms with Gasteiger partial charge in [0.15, 0.2) is 0 Å². The van der Waals surface area contributed by atoms with Gasteiger partial charge in [-0.2, -0.15) is 0 Å². The number of nitrogens with one attached hydrogen (secondary N) is 1. The highest BCUT2D eigenvalue weighted by atomic mass is 35.5. The number of likely N-dealkylation sites (tertiary alicyclic amines) is 1. The minimum Gasteiger partial charge on any atom is -0.350 e. The fraction of sp³-hybridized carbons (Fsp3) is 0.429. The van der Waals surface area contributed by atoms with Crippen LogP contribution in [0.1, 0.15) is 29.6 Å². The van der Waals surface area contributed by atoms with Crippen molar-refractivity contribution in [3.63, 3.8) is 0 Å². The van der Waals surface area contributed by atoms with Crippen LogP contribution in [-0.2, 0) is 4.79 Å². The molecule has 102 valence electrons. The SMILES string of the molecule is O=C(NCCN1CCCCC1=O)c1cccc(Cl)c1. The first-order valence-electron chi connectivity index (χ1n) is 6.48. The maximum Gasteiger partial charge on any atom is 0.251 e. The molecule has 1 saturated heterocycles. The molecule has 2 rings (SSSR count). The average molecular weight is 281 g/mol. The second-order valence-corrected chi connectivity index (χ2v) is 5.04. The summed E-state index contributed by atoms with van der Waals surface area (Å²) in [5, 5.41) is 3.34. The zero-order chi connectivity index (χ0) is 13.7. The van der Waals surface area contributed by atoms with E-state index in [2.05, 4.69) is 5.32 Å². The molecule has 1 aromatic carbocycles. The molecular formula is C14H17ClN2O2. The number of hydrogen-bond donors (Lipinski definition) is 1. The molecule has 0 atom stereocenters. The molecule has 19 heavy (non-hydrogen) atoms. The summed E-state index contributed by atoms with van der Waals surface area (Å²) in [4.78, 5) is 25.2. The Balaban J connectivity index is 1.79. The van der Waals surface area contributed by atoms with Crippen molar-refractivity contribution in [1.29, 1.82) is 0 Å². The lowest BCUT2D eigenvalue weighted by atomic mass is 10.1. The quantitative estimate of drug-likeness (QED) is 0.918. The van der Waals surface area contributed by atoms with E-state index in [0.29, 0.717) is 30.1 Å². The Labute approximate surface area is 117 Å². The van der Waals surface area contributed by atoms with Crippen molar-refractivity contribution in [3.8, 4) is 0 Å². The Bertz CT molecular complexity index is 476. The van der Waals surface area contributed by atoms with Crippen LogP contribution < -0.4 is 5.32 Å². The monoisotopic (exact) mass is 280 g/mol. The van der Waals surface area contributed by atoms with Crippen LogP contribution in [0.5, 0.6) is 0 Å². The van der Waals surface area contributed by atoms with Crippen molar-refractivity contribution in [2.75, 3.05) is 19.6 Å². The standard InChI is InChI=1S/C14H17ClN2O2/c15-12-5-3-4-11(10-12)14(19)16-7-9-17-8-2-1-6-13(17)18/h3-5,10H,1-2,6-9H2,(H,16,19). The second kappa shape index (κ2) is 6.57. The summed E-state index contributed by atoms with van der Waals surface area (Å²) in [5.74, 6) is 0.0233. The molecule has 0 bridgehead atoms. The zero-order valence-corrected chi connectivity index (χ0v) is 11.4. The predicted octanol–water partition coefficient (Wildman–Crippen LogP) is 2.08. The minimum absolute atomic E-state index is 0.160. The van der Waals surface area contributed by atoms with Gasteiger partial charge in [0.05, 0.1) is 0 Å². The Hall–Kier alpha value is -1.55. The number of piperidine rings is 1. The maximum absolute atomic E-state index is 11.8. The minimum atomic E-state index is -0.160. The van der Waals surface area contributed by atoms with Gasteiger partial charge in [-0.05, 0) is 31.0 Å². The van der Waals surface area contributed by atoms with Gasteiger partial charge in [-0.25, -0.2) is 0 Å². The highest BCUT2D eigenvalue weighted by Crippen LogP contribution is 2.11. The van der Waals surface area contributed by atoms with E-state index >= 15 is 0 Å². The van der Waals surface area contributed by atoms with Crippen molar-refractivity contribution in [2.45, 2.75) is 19.3 Å². The molecule has 4 nitrogen and oxygen atoms in total. The molecule has 0 saturated carbocycles. The molecule has 2 amide bonds. The molecule has 1 heterocycles. The molecule has 0 aliphatic carbocycles. The van der Waals surface area contributed by atoms with E-state index in [9.17, 15) is 9.59 Å². The number of nitrogens with zero attached hydrogens (tertiary/aromatic N) is 1. The molecular weight excluding hydrogens is 264 g/mol. The van der Waals surface area contributed by atoms with E-state index in [1.54, 1.807) is 24.3 Å². The number of carbonyl (C=O) groups is 2. The Morgan fingerprint density at radius 1 is 1.37 bits per heavy atom. The lowest BCUT2D eigenvalue weighted by molar-refractivity contribution is -0.133. The van der Waals surface area contributed by atoms with Gasteiger partial charge in [0.2, 0.25) is 5.91 Å². The number of carbonyl (C=O) groups excluding carboxylic acids is 2. The van der Waals surface area contributed by atoms with Crippen LogP contribution in [0.15, 0.2) is 24.3 Å². The van der Waals surface area contributed by atoms with Crippen LogP contribution in [0, 0.1) is 0 Å². The number of halogens is 1. The largest absolute Gasteiger partial charge is 0.350 e. The lowest BCUT2D eigenvalue weighted by Crippen LogP contribution is -2.41. The van der Waals surface area contributed by atoms with Gasteiger partial charge in [0, 0.05) is 36.6 Å². The topological polar surface area (TPSA) is 49.4 Å². The van der Waals surface area contributed by atoms with Gasteiger partial charge < -0.3 is 10.2 Å². The van der Waals surface area contributed by atoms with Crippen LogP contribution in [0.3, 0.4) is 0 Å². The lowest BCUT2D eigenvalue weighted by Gasteiger charge is -2.26. The van der Waals surface area contributed by atoms with Crippen LogP contribution >= 0.6 is 11.6 Å². The first-order chi connectivity index (χ1) is 9.16. The summed E-state index contributed by atoms with van der Waals surface area (Å²) in [6, 6.07) is 6.81. The molecule has 1 aliphatic heterocycles. The molecule has 0 unspecified atom stereocenters. The number of hydrogen-bond acceptors (Lipinski definition) is 2. The average Bonchev–Trinajstić information content (AvgIpc) is 2.41. The molecule has 1 N–H and O–H groups in total. The van der Waals surface area contributed by atoms with E-state index in [-0.39, 0.29) is 11.8 Å². The van der Waals surface area contributed by atoms with Gasteiger partial charge in [0.25, 0.3) is 5.91 Å². The molecule has 1 aromatic rings. The summed E-state index contributed by atoms with van der Waals surface area (Å²) in [7, 11) is 0. The van der Waals surface area contributed by atoms with E-state index in [1.807, 2.05) is 4.90 Å². The van der Waals surface area contributed by atoms with Crippen LogP contribution in [0.25, 0.3) is 0 Å². The van der Waals surface area contributed by atoms with E-state index in [0.717, 1.165) is 19.4 Å². The van der Waals surface area contributed by atoms with Gasteiger partial charge in [-0.3, -0.25) is 9.59 Å². The van der Waals surface area contributed by atoms with E-state index in [1.165, 1.54) is 0 Å². The summed E-state index contributed by atoms with van der Waals surface area (Å²) >= 11 is 5.83. The van der Waals surface area contributed by atoms with Crippen molar-refractivity contribution >= 4 is 23.4 Å². The first-order valence-corrected chi connectivity index (χ1v) is 6.86. The summed E-state index contributed by atoms with van der Waals surface area (Å²) in [6.07, 6.45) is 2.65. The Kier molecular flexibility index (Phi) is 4.80. The smallest absolute Gasteiger partial charge is 0.251 e. The Morgan fingerprint density at radius 3 is 2.95 bits per heavy atom. The fourth-order valence-corrected chi connectivity index (χ4v) is 2.32. The normalized spacial score (nSPS) is 15.4. The molecule has 5 heteroatoms. The third-order valence-electron chi connectivity index (χ3n) is 3.18. The zero-order valence-electron chi connectivity index (χ0n) is 10.7. The van der Waals surface area contributed by atoms with Crippen molar-refractivity contribution in [1.82, 2.24) is 10.2 Å². The molecule has 1 fully saturated rings. The molecule has 0 spiro atoms. The van der Waals surface area contributed by atoms with Crippen LogP contribution in [-0.4, -0.2) is 36.3 Å². The van der Waals surface area contributed by atoms with Crippen LogP contribution in [0.4, 0.5) is 0 Å². The van der Waals surface area contributed by atoms with E-state index < -0.39 is 0 Å². The summed E-state index contributed by atoms with van der Waals surface area (Å²) < 4.78 is 0. The van der Waals surface area contributed by atoms with Crippen molar-refractivity contribution < 1.29 is 9.59 Å². The fourth-order valence-electron chi connectivity index (χ4n) is 2.13. The number of rotatable bonds is 4. The molecule has 0 aromatic heterocycles. The third-order valence-corrected chi connectivity index (χ3v) is 3.41. The van der Waals surface area contributed by atoms with Gasteiger partial charge >= 0.3 is 0 Å². The second-order valence-electron chi connectivity index (χ2n) is 4.60. The molecule has 1 aliphatic rings.